The Morgan fingerprint density at radius 3 is 2.84 bits per heavy atom. The first-order chi connectivity index (χ1) is 9.21. The fourth-order valence-corrected chi connectivity index (χ4v) is 2.89. The number of rotatable bonds is 4. The molecule has 5 heteroatoms. The number of hydrogen-bond acceptors (Lipinski definition) is 3. The summed E-state index contributed by atoms with van der Waals surface area (Å²) in [5.74, 6) is 0.800. The number of methoxy groups -OCH3 is 1. The van der Waals surface area contributed by atoms with Crippen LogP contribution >= 0.6 is 11.6 Å². The molecule has 4 nitrogen and oxygen atoms in total. The van der Waals surface area contributed by atoms with Gasteiger partial charge in [-0.25, -0.2) is 0 Å². The van der Waals surface area contributed by atoms with Gasteiger partial charge in [0.2, 0.25) is 0 Å². The SMILES string of the molecule is COc1cnccc1C(=O)NC1(CCl)CCCCC1. The number of halogens is 1. The molecule has 2 rings (SSSR count). The zero-order chi connectivity index (χ0) is 13.7. The molecular weight excluding hydrogens is 264 g/mol. The second-order valence-corrected chi connectivity index (χ2v) is 5.27. The molecule has 0 spiro atoms. The van der Waals surface area contributed by atoms with E-state index >= 15 is 0 Å². The Balaban J connectivity index is 2.15. The van der Waals surface area contributed by atoms with Gasteiger partial charge < -0.3 is 10.1 Å². The van der Waals surface area contributed by atoms with E-state index in [2.05, 4.69) is 10.3 Å². The molecule has 1 aliphatic carbocycles. The van der Waals surface area contributed by atoms with E-state index in [1.54, 1.807) is 18.5 Å². The third kappa shape index (κ3) is 3.18. The highest BCUT2D eigenvalue weighted by atomic mass is 35.5. The van der Waals surface area contributed by atoms with Crippen LogP contribution in [-0.4, -0.2) is 29.4 Å². The second kappa shape index (κ2) is 6.24. The van der Waals surface area contributed by atoms with Gasteiger partial charge in [0, 0.05) is 12.1 Å². The van der Waals surface area contributed by atoms with Crippen molar-refractivity contribution in [3.63, 3.8) is 0 Å². The molecule has 1 aromatic rings. The van der Waals surface area contributed by atoms with Crippen LogP contribution < -0.4 is 10.1 Å². The van der Waals surface area contributed by atoms with Crippen molar-refractivity contribution in [2.75, 3.05) is 13.0 Å². The van der Waals surface area contributed by atoms with E-state index in [4.69, 9.17) is 16.3 Å². The van der Waals surface area contributed by atoms with Gasteiger partial charge in [-0.3, -0.25) is 9.78 Å². The van der Waals surface area contributed by atoms with Gasteiger partial charge >= 0.3 is 0 Å². The molecule has 1 saturated carbocycles. The predicted octanol–water partition coefficient (Wildman–Crippen LogP) is 2.76. The molecule has 1 N–H and O–H groups in total. The van der Waals surface area contributed by atoms with Gasteiger partial charge in [0.1, 0.15) is 5.75 Å². The molecule has 19 heavy (non-hydrogen) atoms. The van der Waals surface area contributed by atoms with E-state index in [-0.39, 0.29) is 11.4 Å². The average molecular weight is 283 g/mol. The topological polar surface area (TPSA) is 51.2 Å². The average Bonchev–Trinajstić information content (AvgIpc) is 2.48. The normalized spacial score (nSPS) is 17.8. The van der Waals surface area contributed by atoms with E-state index in [1.165, 1.54) is 13.5 Å². The van der Waals surface area contributed by atoms with E-state index < -0.39 is 0 Å². The summed E-state index contributed by atoms with van der Waals surface area (Å²) in [5.41, 5.74) is 0.234. The lowest BCUT2D eigenvalue weighted by Gasteiger charge is -2.36. The van der Waals surface area contributed by atoms with Crippen LogP contribution in [0.15, 0.2) is 18.5 Å². The van der Waals surface area contributed by atoms with Crippen LogP contribution in [0.5, 0.6) is 5.75 Å². The van der Waals surface area contributed by atoms with Crippen LogP contribution in [0.1, 0.15) is 42.5 Å². The minimum atomic E-state index is -0.273. The standard InChI is InChI=1S/C14H19ClN2O2/c1-19-12-9-16-8-5-11(12)13(18)17-14(10-15)6-3-2-4-7-14/h5,8-9H,2-4,6-7,10H2,1H3,(H,17,18). The summed E-state index contributed by atoms with van der Waals surface area (Å²) in [5, 5.41) is 3.09. The van der Waals surface area contributed by atoms with Crippen molar-refractivity contribution in [2.45, 2.75) is 37.6 Å². The van der Waals surface area contributed by atoms with Crippen LogP contribution in [0.25, 0.3) is 0 Å². The first kappa shape index (κ1) is 14.1. The number of nitrogens with zero attached hydrogens (tertiary/aromatic N) is 1. The number of hydrogen-bond donors (Lipinski definition) is 1. The summed E-state index contributed by atoms with van der Waals surface area (Å²) >= 11 is 6.08. The number of carbonyl (C=O) groups is 1. The molecule has 0 unspecified atom stereocenters. The minimum Gasteiger partial charge on any atom is -0.494 e. The Morgan fingerprint density at radius 1 is 1.47 bits per heavy atom. The van der Waals surface area contributed by atoms with Gasteiger partial charge in [0.05, 0.1) is 24.4 Å². The molecule has 0 saturated heterocycles. The lowest BCUT2D eigenvalue weighted by molar-refractivity contribution is 0.0881. The number of alkyl halides is 1. The summed E-state index contributed by atoms with van der Waals surface area (Å²) in [4.78, 5) is 16.3. The van der Waals surface area contributed by atoms with E-state index in [1.807, 2.05) is 0 Å². The maximum atomic E-state index is 12.4. The summed E-state index contributed by atoms with van der Waals surface area (Å²) in [6, 6.07) is 1.67. The van der Waals surface area contributed by atoms with Gasteiger partial charge in [-0.15, -0.1) is 11.6 Å². The van der Waals surface area contributed by atoms with Crippen molar-refractivity contribution in [3.05, 3.63) is 24.0 Å². The molecule has 0 aliphatic heterocycles. The number of carbonyl (C=O) groups excluding carboxylic acids is 1. The zero-order valence-electron chi connectivity index (χ0n) is 11.1. The van der Waals surface area contributed by atoms with Gasteiger partial charge in [-0.1, -0.05) is 19.3 Å². The first-order valence-electron chi connectivity index (χ1n) is 6.57. The van der Waals surface area contributed by atoms with Crippen molar-refractivity contribution in [2.24, 2.45) is 0 Å². The number of aromatic nitrogens is 1. The molecule has 1 heterocycles. The highest BCUT2D eigenvalue weighted by Gasteiger charge is 2.33. The molecule has 1 aromatic heterocycles. The third-order valence-electron chi connectivity index (χ3n) is 3.69. The largest absolute Gasteiger partial charge is 0.494 e. The summed E-state index contributed by atoms with van der Waals surface area (Å²) < 4.78 is 5.17. The Bertz CT molecular complexity index is 445. The predicted molar refractivity (Wildman–Crippen MR) is 74.8 cm³/mol. The second-order valence-electron chi connectivity index (χ2n) is 5.00. The molecule has 0 bridgehead atoms. The van der Waals surface area contributed by atoms with Crippen LogP contribution in [0, 0.1) is 0 Å². The van der Waals surface area contributed by atoms with Crippen molar-refractivity contribution >= 4 is 17.5 Å². The third-order valence-corrected chi connectivity index (χ3v) is 4.21. The zero-order valence-corrected chi connectivity index (χ0v) is 11.9. The maximum absolute atomic E-state index is 12.4. The highest BCUT2D eigenvalue weighted by Crippen LogP contribution is 2.30. The van der Waals surface area contributed by atoms with Crippen LogP contribution in [0.3, 0.4) is 0 Å². The number of amides is 1. The van der Waals surface area contributed by atoms with Gasteiger partial charge in [-0.2, -0.15) is 0 Å². The lowest BCUT2D eigenvalue weighted by atomic mass is 9.83. The Hall–Kier alpha value is -1.29. The Morgan fingerprint density at radius 2 is 2.21 bits per heavy atom. The van der Waals surface area contributed by atoms with Crippen LogP contribution in [0.2, 0.25) is 0 Å². The summed E-state index contributed by atoms with van der Waals surface area (Å²) in [6.45, 7) is 0. The molecule has 1 amide bonds. The number of ether oxygens (including phenoxy) is 1. The molecule has 1 aliphatic rings. The smallest absolute Gasteiger partial charge is 0.255 e. The highest BCUT2D eigenvalue weighted by molar-refractivity contribution is 6.19. The van der Waals surface area contributed by atoms with Crippen LogP contribution in [-0.2, 0) is 0 Å². The fourth-order valence-electron chi connectivity index (χ4n) is 2.56. The van der Waals surface area contributed by atoms with Crippen molar-refractivity contribution < 1.29 is 9.53 Å². The molecule has 0 radical (unpaired) electrons. The minimum absolute atomic E-state index is 0.137. The molecule has 1 fully saturated rings. The summed E-state index contributed by atoms with van der Waals surface area (Å²) in [6.07, 6.45) is 8.45. The van der Waals surface area contributed by atoms with Crippen LogP contribution in [0.4, 0.5) is 0 Å². The molecule has 104 valence electrons. The van der Waals surface area contributed by atoms with Gasteiger partial charge in [0.15, 0.2) is 0 Å². The maximum Gasteiger partial charge on any atom is 0.255 e. The summed E-state index contributed by atoms with van der Waals surface area (Å²) in [7, 11) is 1.53. The lowest BCUT2D eigenvalue weighted by Crippen LogP contribution is -2.51. The molecular formula is C14H19ClN2O2. The van der Waals surface area contributed by atoms with Gasteiger partial charge in [0.25, 0.3) is 5.91 Å². The first-order valence-corrected chi connectivity index (χ1v) is 7.11. The van der Waals surface area contributed by atoms with E-state index in [0.717, 1.165) is 25.7 Å². The molecule has 0 atom stereocenters. The quantitative estimate of drug-likeness (QED) is 0.864. The van der Waals surface area contributed by atoms with E-state index in [0.29, 0.717) is 17.2 Å². The Kier molecular flexibility index (Phi) is 4.64. The number of pyridine rings is 1. The number of nitrogens with one attached hydrogen (secondary N) is 1. The van der Waals surface area contributed by atoms with Crippen molar-refractivity contribution in [3.8, 4) is 5.75 Å². The fraction of sp³-hybridized carbons (Fsp3) is 0.571. The Labute approximate surface area is 118 Å². The van der Waals surface area contributed by atoms with Crippen molar-refractivity contribution in [1.82, 2.24) is 10.3 Å². The molecule has 0 aromatic carbocycles. The monoisotopic (exact) mass is 282 g/mol. The van der Waals surface area contributed by atoms with Crippen molar-refractivity contribution in [1.29, 1.82) is 0 Å². The van der Waals surface area contributed by atoms with E-state index in [9.17, 15) is 4.79 Å². The van der Waals surface area contributed by atoms with Gasteiger partial charge in [-0.05, 0) is 18.9 Å².